The standard InChI is InChI=1S/C8H9O2.C6H3F2/c1-9-7-4-3-5-8(6-7)10-2;7-5-2-1-3-6(8)4-5/h3-4,6H,1-2H3;1-2,4H. The Morgan fingerprint density at radius 2 is 1.67 bits per heavy atom. The van der Waals surface area contributed by atoms with Crippen LogP contribution in [0.25, 0.3) is 0 Å². The van der Waals surface area contributed by atoms with Crippen LogP contribution in [-0.4, -0.2) is 14.2 Å². The van der Waals surface area contributed by atoms with Gasteiger partial charge in [-0.3, -0.25) is 0 Å². The van der Waals surface area contributed by atoms with E-state index in [2.05, 4.69) is 12.1 Å². The van der Waals surface area contributed by atoms with Gasteiger partial charge in [0.15, 0.2) is 0 Å². The highest BCUT2D eigenvalue weighted by molar-refractivity contribution is 5.31. The molecule has 2 aromatic rings. The van der Waals surface area contributed by atoms with Crippen LogP contribution in [0.5, 0.6) is 11.5 Å². The Kier molecular flexibility index (Phi) is 5.64. The van der Waals surface area contributed by atoms with Gasteiger partial charge in [-0.15, -0.1) is 0 Å². The Hall–Kier alpha value is -2.10. The molecule has 0 aliphatic carbocycles. The van der Waals surface area contributed by atoms with Crippen LogP contribution in [0.3, 0.4) is 0 Å². The molecular formula is C14H12F2O2. The average Bonchev–Trinajstić information content (AvgIpc) is 2.39. The van der Waals surface area contributed by atoms with E-state index in [4.69, 9.17) is 9.47 Å². The van der Waals surface area contributed by atoms with Crippen molar-refractivity contribution in [3.63, 3.8) is 0 Å². The molecule has 2 nitrogen and oxygen atoms in total. The van der Waals surface area contributed by atoms with Gasteiger partial charge in [0.1, 0.15) is 23.1 Å². The van der Waals surface area contributed by atoms with Gasteiger partial charge >= 0.3 is 0 Å². The van der Waals surface area contributed by atoms with Gasteiger partial charge < -0.3 is 9.47 Å². The minimum Gasteiger partial charge on any atom is -0.497 e. The van der Waals surface area contributed by atoms with Gasteiger partial charge in [-0.05, 0) is 24.3 Å². The fourth-order valence-corrected chi connectivity index (χ4v) is 1.08. The molecule has 0 amide bonds. The van der Waals surface area contributed by atoms with Crippen LogP contribution in [0.4, 0.5) is 8.78 Å². The Balaban J connectivity index is 0.000000184. The highest BCUT2D eigenvalue weighted by atomic mass is 19.1. The molecule has 0 unspecified atom stereocenters. The Labute approximate surface area is 105 Å². The van der Waals surface area contributed by atoms with E-state index in [0.717, 1.165) is 17.9 Å². The Bertz CT molecular complexity index is 450. The van der Waals surface area contributed by atoms with Gasteiger partial charge in [-0.2, -0.15) is 0 Å². The van der Waals surface area contributed by atoms with Crippen molar-refractivity contribution in [2.45, 2.75) is 0 Å². The number of benzene rings is 2. The maximum absolute atomic E-state index is 11.9. The number of hydrogen-bond acceptors (Lipinski definition) is 2. The zero-order valence-electron chi connectivity index (χ0n) is 10.0. The second-order valence-corrected chi connectivity index (χ2v) is 3.15. The van der Waals surface area contributed by atoms with Gasteiger partial charge in [0.05, 0.1) is 14.2 Å². The van der Waals surface area contributed by atoms with E-state index in [1.54, 1.807) is 26.4 Å². The molecule has 94 valence electrons. The molecule has 0 spiro atoms. The lowest BCUT2D eigenvalue weighted by atomic mass is 10.3. The molecule has 18 heavy (non-hydrogen) atoms. The summed E-state index contributed by atoms with van der Waals surface area (Å²) < 4.78 is 33.7. The normalized spacial score (nSPS) is 9.11. The van der Waals surface area contributed by atoms with Crippen LogP contribution < -0.4 is 9.47 Å². The molecule has 0 aliphatic heterocycles. The third kappa shape index (κ3) is 4.82. The molecule has 0 N–H and O–H groups in total. The highest BCUT2D eigenvalue weighted by Gasteiger charge is 1.92. The number of ether oxygens (including phenoxy) is 2. The van der Waals surface area contributed by atoms with Crippen molar-refractivity contribution in [3.05, 3.63) is 60.2 Å². The van der Waals surface area contributed by atoms with E-state index >= 15 is 0 Å². The van der Waals surface area contributed by atoms with Gasteiger partial charge in [0.25, 0.3) is 0 Å². The fraction of sp³-hybridized carbons (Fsp3) is 0.143. The van der Waals surface area contributed by atoms with E-state index in [0.29, 0.717) is 5.75 Å². The average molecular weight is 250 g/mol. The summed E-state index contributed by atoms with van der Waals surface area (Å²) >= 11 is 0. The molecule has 2 aromatic carbocycles. The SMILES string of the molecule is COc1[c]ccc(OC)c1.Fc1[c]ccc(F)c1. The molecule has 0 bridgehead atoms. The molecule has 0 heterocycles. The first-order valence-electron chi connectivity index (χ1n) is 5.08. The van der Waals surface area contributed by atoms with Crippen molar-refractivity contribution in [2.75, 3.05) is 14.2 Å². The van der Waals surface area contributed by atoms with Gasteiger partial charge in [0, 0.05) is 24.3 Å². The molecule has 0 aromatic heterocycles. The van der Waals surface area contributed by atoms with E-state index in [9.17, 15) is 8.78 Å². The monoisotopic (exact) mass is 250 g/mol. The maximum atomic E-state index is 11.9. The lowest BCUT2D eigenvalue weighted by Crippen LogP contribution is -1.85. The molecular weight excluding hydrogens is 238 g/mol. The Morgan fingerprint density at radius 3 is 2.17 bits per heavy atom. The van der Waals surface area contributed by atoms with Crippen LogP contribution in [-0.2, 0) is 0 Å². The first kappa shape index (κ1) is 14.0. The van der Waals surface area contributed by atoms with Gasteiger partial charge in [0.2, 0.25) is 0 Å². The molecule has 2 rings (SSSR count). The van der Waals surface area contributed by atoms with E-state index in [-0.39, 0.29) is 0 Å². The summed E-state index contributed by atoms with van der Waals surface area (Å²) in [6, 6.07) is 13.5. The minimum atomic E-state index is -0.662. The van der Waals surface area contributed by atoms with Crippen LogP contribution in [0.1, 0.15) is 0 Å². The summed E-state index contributed by atoms with van der Waals surface area (Å²) in [7, 11) is 3.22. The minimum absolute atomic E-state index is 0.568. The van der Waals surface area contributed by atoms with E-state index in [1.807, 2.05) is 6.07 Å². The summed E-state index contributed by atoms with van der Waals surface area (Å²) in [5, 5.41) is 0. The summed E-state index contributed by atoms with van der Waals surface area (Å²) in [6.45, 7) is 0. The smallest absolute Gasteiger partial charge is 0.134 e. The largest absolute Gasteiger partial charge is 0.497 e. The summed E-state index contributed by atoms with van der Waals surface area (Å²) in [5.41, 5.74) is 0. The summed E-state index contributed by atoms with van der Waals surface area (Å²) in [5.74, 6) is 0.251. The lowest BCUT2D eigenvalue weighted by molar-refractivity contribution is 0.394. The highest BCUT2D eigenvalue weighted by Crippen LogP contribution is 2.16. The molecule has 0 atom stereocenters. The predicted octanol–water partition coefficient (Wildman–Crippen LogP) is 3.27. The van der Waals surface area contributed by atoms with Crippen molar-refractivity contribution in [2.24, 2.45) is 0 Å². The van der Waals surface area contributed by atoms with Crippen molar-refractivity contribution < 1.29 is 18.3 Å². The number of methoxy groups -OCH3 is 2. The molecule has 0 saturated heterocycles. The predicted molar refractivity (Wildman–Crippen MR) is 63.6 cm³/mol. The quantitative estimate of drug-likeness (QED) is 0.814. The van der Waals surface area contributed by atoms with Crippen LogP contribution in [0.2, 0.25) is 0 Å². The van der Waals surface area contributed by atoms with Crippen molar-refractivity contribution in [1.29, 1.82) is 0 Å². The first-order valence-corrected chi connectivity index (χ1v) is 5.08. The van der Waals surface area contributed by atoms with E-state index < -0.39 is 11.6 Å². The maximum Gasteiger partial charge on any atom is 0.134 e. The number of rotatable bonds is 2. The second-order valence-electron chi connectivity index (χ2n) is 3.15. The number of halogens is 2. The molecule has 0 aliphatic rings. The Morgan fingerprint density at radius 1 is 0.944 bits per heavy atom. The van der Waals surface area contributed by atoms with Crippen molar-refractivity contribution in [1.82, 2.24) is 0 Å². The van der Waals surface area contributed by atoms with Gasteiger partial charge in [-0.1, -0.05) is 0 Å². The zero-order chi connectivity index (χ0) is 13.4. The van der Waals surface area contributed by atoms with Crippen LogP contribution in [0.15, 0.2) is 36.4 Å². The van der Waals surface area contributed by atoms with E-state index in [1.165, 1.54) is 6.07 Å². The molecule has 0 fully saturated rings. The van der Waals surface area contributed by atoms with Gasteiger partial charge in [-0.25, -0.2) is 8.78 Å². The first-order chi connectivity index (χ1) is 8.65. The van der Waals surface area contributed by atoms with Crippen LogP contribution in [0, 0.1) is 23.8 Å². The molecule has 2 radical (unpaired) electrons. The van der Waals surface area contributed by atoms with Crippen molar-refractivity contribution >= 4 is 0 Å². The third-order valence-corrected chi connectivity index (χ3v) is 1.93. The summed E-state index contributed by atoms with van der Waals surface area (Å²) in [6.07, 6.45) is 0. The molecule has 4 heteroatoms. The number of hydrogen-bond donors (Lipinski definition) is 0. The fourth-order valence-electron chi connectivity index (χ4n) is 1.08. The lowest BCUT2D eigenvalue weighted by Gasteiger charge is -2.00. The van der Waals surface area contributed by atoms with Crippen molar-refractivity contribution in [3.8, 4) is 11.5 Å². The topological polar surface area (TPSA) is 18.5 Å². The third-order valence-electron chi connectivity index (χ3n) is 1.93. The summed E-state index contributed by atoms with van der Waals surface area (Å²) in [4.78, 5) is 0. The second kappa shape index (κ2) is 7.27. The molecule has 0 saturated carbocycles. The van der Waals surface area contributed by atoms with Crippen LogP contribution >= 0.6 is 0 Å². The zero-order valence-corrected chi connectivity index (χ0v) is 10.0.